The molecule has 0 unspecified atom stereocenters. The lowest BCUT2D eigenvalue weighted by molar-refractivity contribution is 0.373. The third-order valence-electron chi connectivity index (χ3n) is 26.3. The van der Waals surface area contributed by atoms with Crippen molar-refractivity contribution >= 4 is 32.7 Å². The molecule has 9 heteroatoms. The quantitative estimate of drug-likeness (QED) is 0.0484. The van der Waals surface area contributed by atoms with Gasteiger partial charge < -0.3 is 4.74 Å². The summed E-state index contributed by atoms with van der Waals surface area (Å²) in [6.07, 6.45) is 43.6. The second-order valence-corrected chi connectivity index (χ2v) is 40.5. The van der Waals surface area contributed by atoms with Crippen LogP contribution in [0, 0.1) is 56.8 Å². The van der Waals surface area contributed by atoms with Crippen molar-refractivity contribution in [3.05, 3.63) is 364 Å². The van der Waals surface area contributed by atoms with Gasteiger partial charge in [0.05, 0.1) is 21.8 Å². The van der Waals surface area contributed by atoms with Crippen LogP contribution in [0.1, 0.15) is 284 Å². The highest BCUT2D eigenvalue weighted by Crippen LogP contribution is 2.49. The van der Waals surface area contributed by atoms with E-state index in [0.717, 1.165) is 53.9 Å². The summed E-state index contributed by atoms with van der Waals surface area (Å²) in [7, 11) is -0.120. The molecule has 0 N–H and O–H groups in total. The first kappa shape index (κ1) is 88.5. The van der Waals surface area contributed by atoms with Crippen molar-refractivity contribution in [2.45, 2.75) is 300 Å². The van der Waals surface area contributed by atoms with E-state index < -0.39 is 34.6 Å². The van der Waals surface area contributed by atoms with Gasteiger partial charge in [0.25, 0.3) is 0 Å². The normalized spacial score (nSPS) is 16.8. The van der Waals surface area contributed by atoms with Crippen molar-refractivity contribution in [3.63, 3.8) is 0 Å². The molecule has 0 aromatic heterocycles. The predicted octanol–water partition coefficient (Wildman–Crippen LogP) is 33.7. The number of benzene rings is 12. The Kier molecular flexibility index (Phi) is 32.9. The van der Waals surface area contributed by atoms with Gasteiger partial charge in [0.15, 0.2) is 69.0 Å². The van der Waals surface area contributed by atoms with E-state index in [1.807, 2.05) is 24.3 Å². The maximum absolute atomic E-state index is 12.4. The zero-order valence-corrected chi connectivity index (χ0v) is 74.2. The zero-order valence-electron chi connectivity index (χ0n) is 71.8. The van der Waals surface area contributed by atoms with E-state index in [2.05, 4.69) is 276 Å². The Bertz CT molecular complexity index is 4680. The molecule has 0 amide bonds. The minimum absolute atomic E-state index is 0.0146. The van der Waals surface area contributed by atoms with Crippen LogP contribution in [0.4, 0.5) is 22.0 Å². The van der Waals surface area contributed by atoms with Crippen molar-refractivity contribution < 1.29 is 26.7 Å². The summed E-state index contributed by atoms with van der Waals surface area (Å²) in [5.74, 6) is -2.42. The predicted molar refractivity (Wildman–Crippen MR) is 498 cm³/mol. The molecule has 628 valence electrons. The molecule has 6 aliphatic carbocycles. The van der Waals surface area contributed by atoms with Gasteiger partial charge in [-0.15, -0.1) is 0 Å². The van der Waals surface area contributed by atoms with Gasteiger partial charge in [-0.05, 0) is 294 Å². The van der Waals surface area contributed by atoms with Gasteiger partial charge in [-0.2, -0.15) is 0 Å². The molecule has 1 nitrogen and oxygen atoms in total. The monoisotopic (exact) mass is 1680 g/mol. The fourth-order valence-corrected chi connectivity index (χ4v) is 26.1. The van der Waals surface area contributed by atoms with Crippen LogP contribution in [0.5, 0.6) is 11.5 Å². The van der Waals surface area contributed by atoms with Crippen molar-refractivity contribution in [1.29, 1.82) is 0 Å². The second kappa shape index (κ2) is 45.0. The highest BCUT2D eigenvalue weighted by Gasteiger charge is 2.40. The molecule has 7 aliphatic rings. The Morgan fingerprint density at radius 2 is 0.471 bits per heavy atom. The molecule has 0 spiro atoms. The molecule has 0 saturated heterocycles. The van der Waals surface area contributed by atoms with Gasteiger partial charge in [0.1, 0.15) is 10.9 Å². The van der Waals surface area contributed by atoms with E-state index in [0.29, 0.717) is 0 Å². The number of fused-ring (bicyclic) bond motifs is 2. The molecule has 19 rings (SSSR count). The number of halogens is 5. The standard InChI is InChI=1S/2C25H38.C19H17S.C18H13OS.C18H15S.C7H3F5/c2*1-19-24(21-13-7-3-8-14-21)17-23(20-11-5-2-6-12-20)18-25(19)22-15-9-4-10-16-22;1-16-12-14-19(15-13-16)20(17-8-4-2-5-9-17)18-10-6-3-7-11-18;1-2-8-14(9-3-1)20-17-12-6-4-10-15(17)19-16-11-5-7-13-18(16)20;1-4-10-16(11-5-1)19(17-12-6-2-7-13-17)18-14-8-3-9-15-18;1-2-3(8)5(10)7(12)6(11)4(2)9/h2*17-18,20-22H,2-16H2,1H3;2-15H,1H3;1-13H;1-15H;1H3/q;;3*+1;. The first-order chi connectivity index (χ1) is 59.3. The first-order valence-electron chi connectivity index (χ1n) is 45.6. The van der Waals surface area contributed by atoms with Gasteiger partial charge in [0.2, 0.25) is 15.6 Å². The van der Waals surface area contributed by atoms with Crippen molar-refractivity contribution in [2.24, 2.45) is 0 Å². The van der Waals surface area contributed by atoms with Gasteiger partial charge >= 0.3 is 0 Å². The van der Waals surface area contributed by atoms with E-state index in [9.17, 15) is 22.0 Å². The zero-order chi connectivity index (χ0) is 83.7. The van der Waals surface area contributed by atoms with Crippen molar-refractivity contribution in [2.75, 3.05) is 0 Å². The lowest BCUT2D eigenvalue weighted by Crippen LogP contribution is -2.14. The summed E-state index contributed by atoms with van der Waals surface area (Å²) in [5.41, 5.74) is 14.3. The Morgan fingerprint density at radius 3 is 0.752 bits per heavy atom. The second-order valence-electron chi connectivity index (χ2n) is 34.5. The summed E-state index contributed by atoms with van der Waals surface area (Å²) in [6.45, 7) is 7.89. The van der Waals surface area contributed by atoms with Crippen LogP contribution in [-0.2, 0) is 32.7 Å². The Hall–Kier alpha value is -8.86. The molecular weight excluding hydrogens is 1550 g/mol. The summed E-state index contributed by atoms with van der Waals surface area (Å²) in [6, 6.07) is 101. The number of hydrogen-bond donors (Lipinski definition) is 0. The van der Waals surface area contributed by atoms with Crippen LogP contribution in [0.25, 0.3) is 0 Å². The van der Waals surface area contributed by atoms with Crippen molar-refractivity contribution in [1.82, 2.24) is 0 Å². The summed E-state index contributed by atoms with van der Waals surface area (Å²) in [4.78, 5) is 12.0. The van der Waals surface area contributed by atoms with Crippen LogP contribution in [-0.4, -0.2) is 0 Å². The number of hydrogen-bond acceptors (Lipinski definition) is 1. The molecule has 12 aromatic carbocycles. The van der Waals surface area contributed by atoms with Crippen LogP contribution in [0.3, 0.4) is 0 Å². The molecular formula is C112H124F5OS3+3. The van der Waals surface area contributed by atoms with E-state index in [1.54, 1.807) is 44.5 Å². The fourth-order valence-electron chi connectivity index (χ4n) is 19.7. The summed E-state index contributed by atoms with van der Waals surface area (Å²) < 4.78 is 67.6. The van der Waals surface area contributed by atoms with Gasteiger partial charge in [-0.3, -0.25) is 0 Å². The molecule has 0 bridgehead atoms. The molecule has 121 heavy (non-hydrogen) atoms. The molecule has 1 heterocycles. The third-order valence-corrected chi connectivity index (χ3v) is 33.0. The molecule has 0 atom stereocenters. The van der Waals surface area contributed by atoms with E-state index in [-0.39, 0.29) is 32.7 Å². The average Bonchev–Trinajstić information content (AvgIpc) is 0.770. The van der Waals surface area contributed by atoms with E-state index in [4.69, 9.17) is 4.74 Å². The molecule has 1 aliphatic heterocycles. The van der Waals surface area contributed by atoms with Gasteiger partial charge in [-0.1, -0.05) is 291 Å². The number of ether oxygens (including phenoxy) is 1. The summed E-state index contributed by atoms with van der Waals surface area (Å²) >= 11 is 0. The number of para-hydroxylation sites is 2. The Labute approximate surface area is 729 Å². The lowest BCUT2D eigenvalue weighted by atomic mass is 9.74. The largest absolute Gasteiger partial charge is 0.447 e. The SMILES string of the molecule is Cc1c(C2CCCCC2)cc(C2CCCCC2)cc1C1CCCCC1.Cc1c(C2CCCCC2)cc(C2CCCCC2)cc1C1CCCCC1.Cc1c(F)c(F)c(F)c(F)c1F.Cc1ccc([S+](c2ccccc2)c2ccccc2)cc1.c1ccc([S+](c2ccccc2)c2ccccc2)cc1.c1ccc([S+]2c3ccccc3Oc3ccccc32)cc1. The molecule has 0 radical (unpaired) electrons. The van der Waals surface area contributed by atoms with E-state index >= 15 is 0 Å². The van der Waals surface area contributed by atoms with Gasteiger partial charge in [0, 0.05) is 5.56 Å². The maximum Gasteiger partial charge on any atom is 0.209 e. The first-order valence-corrected chi connectivity index (χ1v) is 49.2. The van der Waals surface area contributed by atoms with Crippen LogP contribution in [0.15, 0.2) is 323 Å². The lowest BCUT2D eigenvalue weighted by Gasteiger charge is -2.31. The smallest absolute Gasteiger partial charge is 0.209 e. The minimum Gasteiger partial charge on any atom is -0.447 e. The molecule has 6 fully saturated rings. The average molecular weight is 1680 g/mol. The van der Waals surface area contributed by atoms with E-state index in [1.165, 1.54) is 242 Å². The Balaban J connectivity index is 0.000000120. The van der Waals surface area contributed by atoms with Crippen LogP contribution >= 0.6 is 0 Å². The highest BCUT2D eigenvalue weighted by molar-refractivity contribution is 7.97. The van der Waals surface area contributed by atoms with Crippen molar-refractivity contribution in [3.8, 4) is 11.5 Å². The number of aryl methyl sites for hydroxylation is 1. The third kappa shape index (κ3) is 23.1. The Morgan fingerprint density at radius 1 is 0.240 bits per heavy atom. The van der Waals surface area contributed by atoms with Crippen LogP contribution < -0.4 is 4.74 Å². The van der Waals surface area contributed by atoms with Gasteiger partial charge in [-0.25, -0.2) is 22.0 Å². The minimum atomic E-state index is -2.13. The maximum atomic E-state index is 12.4. The molecule has 12 aromatic rings. The topological polar surface area (TPSA) is 9.23 Å². The highest BCUT2D eigenvalue weighted by atomic mass is 32.2. The summed E-state index contributed by atoms with van der Waals surface area (Å²) in [5, 5.41) is 0. The molecule has 6 saturated carbocycles. The fraction of sp³-hybridized carbons (Fsp3) is 0.357. The van der Waals surface area contributed by atoms with Crippen LogP contribution in [0.2, 0.25) is 0 Å². The number of rotatable bonds is 13.